The second kappa shape index (κ2) is 6.50. The van der Waals surface area contributed by atoms with Gasteiger partial charge < -0.3 is 5.11 Å². The van der Waals surface area contributed by atoms with E-state index in [1.165, 1.54) is 12.1 Å². The first-order valence-corrected chi connectivity index (χ1v) is 6.61. The molecule has 0 spiro atoms. The molecule has 1 atom stereocenters. The molecule has 0 amide bonds. The maximum absolute atomic E-state index is 10.9. The fourth-order valence-corrected chi connectivity index (χ4v) is 2.26. The molecule has 5 heteroatoms. The normalized spacial score (nSPS) is 12.1. The largest absolute Gasteiger partial charge is 0.388 e. The minimum absolute atomic E-state index is 0.0367. The molecule has 2 aromatic rings. The molecular weight excluding hydrogens is 278 g/mol. The molecule has 0 heterocycles. The average molecular weight is 292 g/mol. The predicted molar refractivity (Wildman–Crippen MR) is 77.8 cm³/mol. The van der Waals surface area contributed by atoms with Gasteiger partial charge in [0.2, 0.25) is 0 Å². The smallest absolute Gasteiger partial charge is 0.272 e. The van der Waals surface area contributed by atoms with Gasteiger partial charge in [0.05, 0.1) is 11.0 Å². The Labute approximate surface area is 121 Å². The van der Waals surface area contributed by atoms with Crippen LogP contribution in [0.15, 0.2) is 48.5 Å². The quantitative estimate of drug-likeness (QED) is 0.671. The summed E-state index contributed by atoms with van der Waals surface area (Å²) in [5.74, 6) is 0. The van der Waals surface area contributed by atoms with Crippen molar-refractivity contribution in [3.63, 3.8) is 0 Å². The molecule has 0 saturated carbocycles. The number of benzene rings is 2. The van der Waals surface area contributed by atoms with E-state index in [0.29, 0.717) is 23.4 Å². The minimum Gasteiger partial charge on any atom is -0.388 e. The van der Waals surface area contributed by atoms with E-state index in [4.69, 9.17) is 11.6 Å². The van der Waals surface area contributed by atoms with E-state index in [1.54, 1.807) is 6.07 Å². The molecule has 0 aliphatic heterocycles. The SMILES string of the molecule is O=[N+]([O-])c1ccc(Cl)cc1CCC(O)c1ccccc1. The van der Waals surface area contributed by atoms with Crippen LogP contribution in [0.2, 0.25) is 5.02 Å². The van der Waals surface area contributed by atoms with E-state index in [2.05, 4.69) is 0 Å². The van der Waals surface area contributed by atoms with Crippen LogP contribution in [0.1, 0.15) is 23.7 Å². The molecule has 20 heavy (non-hydrogen) atoms. The second-order valence-corrected chi connectivity index (χ2v) is 4.93. The van der Waals surface area contributed by atoms with Crippen LogP contribution in [0.3, 0.4) is 0 Å². The standard InChI is InChI=1S/C15H14ClNO3/c16-13-7-8-14(17(19)20)12(10-13)6-9-15(18)11-4-2-1-3-5-11/h1-5,7-8,10,15,18H,6,9H2. The van der Waals surface area contributed by atoms with Crippen molar-refractivity contribution < 1.29 is 10.0 Å². The first-order valence-electron chi connectivity index (χ1n) is 6.24. The van der Waals surface area contributed by atoms with Crippen LogP contribution in [0, 0.1) is 10.1 Å². The van der Waals surface area contributed by atoms with Crippen LogP contribution >= 0.6 is 11.6 Å². The molecule has 0 fully saturated rings. The second-order valence-electron chi connectivity index (χ2n) is 4.50. The molecule has 4 nitrogen and oxygen atoms in total. The highest BCUT2D eigenvalue weighted by molar-refractivity contribution is 6.30. The molecule has 0 aliphatic rings. The van der Waals surface area contributed by atoms with Crippen molar-refractivity contribution in [3.05, 3.63) is 74.8 Å². The average Bonchev–Trinajstić information content (AvgIpc) is 2.45. The lowest BCUT2D eigenvalue weighted by atomic mass is 10.0. The first kappa shape index (κ1) is 14.5. The lowest BCUT2D eigenvalue weighted by Gasteiger charge is -2.11. The lowest BCUT2D eigenvalue weighted by Crippen LogP contribution is -2.01. The molecule has 0 radical (unpaired) electrons. The van der Waals surface area contributed by atoms with Crippen LogP contribution in [0.5, 0.6) is 0 Å². The summed E-state index contributed by atoms with van der Waals surface area (Å²) in [4.78, 5) is 10.5. The summed E-state index contributed by atoms with van der Waals surface area (Å²) in [6, 6.07) is 13.7. The highest BCUT2D eigenvalue weighted by Gasteiger charge is 2.15. The van der Waals surface area contributed by atoms with Gasteiger partial charge in [0.15, 0.2) is 0 Å². The number of rotatable bonds is 5. The number of halogens is 1. The lowest BCUT2D eigenvalue weighted by molar-refractivity contribution is -0.385. The van der Waals surface area contributed by atoms with Crippen molar-refractivity contribution in [1.82, 2.24) is 0 Å². The van der Waals surface area contributed by atoms with Crippen LogP contribution in [0.25, 0.3) is 0 Å². The van der Waals surface area contributed by atoms with Gasteiger partial charge in [0.25, 0.3) is 5.69 Å². The van der Waals surface area contributed by atoms with Crippen molar-refractivity contribution in [2.75, 3.05) is 0 Å². The Morgan fingerprint density at radius 1 is 1.20 bits per heavy atom. The summed E-state index contributed by atoms with van der Waals surface area (Å²) in [5.41, 5.74) is 1.38. The van der Waals surface area contributed by atoms with Gasteiger partial charge >= 0.3 is 0 Å². The predicted octanol–water partition coefficient (Wildman–Crippen LogP) is 3.91. The minimum atomic E-state index is -0.644. The molecule has 2 aromatic carbocycles. The fourth-order valence-electron chi connectivity index (χ4n) is 2.07. The molecule has 0 aliphatic carbocycles. The molecular formula is C15H14ClNO3. The molecule has 1 unspecified atom stereocenters. The van der Waals surface area contributed by atoms with Crippen LogP contribution in [-0.4, -0.2) is 10.0 Å². The Hall–Kier alpha value is -1.91. The Bertz CT molecular complexity index is 601. The molecule has 104 valence electrons. The van der Waals surface area contributed by atoms with Crippen molar-refractivity contribution in [2.45, 2.75) is 18.9 Å². The van der Waals surface area contributed by atoms with Gasteiger partial charge in [0, 0.05) is 16.7 Å². The first-order chi connectivity index (χ1) is 9.58. The number of aliphatic hydroxyl groups excluding tert-OH is 1. The monoisotopic (exact) mass is 291 g/mol. The molecule has 2 rings (SSSR count). The van der Waals surface area contributed by atoms with Gasteiger partial charge in [0.1, 0.15) is 0 Å². The summed E-state index contributed by atoms with van der Waals surface area (Å²) in [7, 11) is 0. The maximum atomic E-state index is 10.9. The summed E-state index contributed by atoms with van der Waals surface area (Å²) >= 11 is 5.87. The molecule has 0 saturated heterocycles. The topological polar surface area (TPSA) is 63.4 Å². The molecule has 1 N–H and O–H groups in total. The highest BCUT2D eigenvalue weighted by atomic mass is 35.5. The van der Waals surface area contributed by atoms with E-state index in [0.717, 1.165) is 5.56 Å². The fraction of sp³-hybridized carbons (Fsp3) is 0.200. The van der Waals surface area contributed by atoms with E-state index < -0.39 is 11.0 Å². The zero-order valence-corrected chi connectivity index (χ0v) is 11.5. The Kier molecular flexibility index (Phi) is 4.71. The number of hydrogen-bond donors (Lipinski definition) is 1. The van der Waals surface area contributed by atoms with E-state index in [1.807, 2.05) is 30.3 Å². The third-order valence-electron chi connectivity index (χ3n) is 3.11. The Morgan fingerprint density at radius 2 is 1.90 bits per heavy atom. The van der Waals surface area contributed by atoms with E-state index in [9.17, 15) is 15.2 Å². The number of aryl methyl sites for hydroxylation is 1. The van der Waals surface area contributed by atoms with E-state index in [-0.39, 0.29) is 5.69 Å². The van der Waals surface area contributed by atoms with Gasteiger partial charge in [-0.1, -0.05) is 41.9 Å². The Morgan fingerprint density at radius 3 is 2.55 bits per heavy atom. The number of hydrogen-bond acceptors (Lipinski definition) is 3. The summed E-state index contributed by atoms with van der Waals surface area (Å²) < 4.78 is 0. The third-order valence-corrected chi connectivity index (χ3v) is 3.34. The van der Waals surface area contributed by atoms with Gasteiger partial charge in [-0.05, 0) is 30.5 Å². The number of nitrogens with zero attached hydrogens (tertiary/aromatic N) is 1. The third kappa shape index (κ3) is 3.56. The maximum Gasteiger partial charge on any atom is 0.272 e. The van der Waals surface area contributed by atoms with Crippen molar-refractivity contribution in [1.29, 1.82) is 0 Å². The van der Waals surface area contributed by atoms with Crippen molar-refractivity contribution >= 4 is 17.3 Å². The zero-order valence-electron chi connectivity index (χ0n) is 10.7. The summed E-state index contributed by atoms with van der Waals surface area (Å²) in [6.45, 7) is 0. The number of aliphatic hydroxyl groups is 1. The van der Waals surface area contributed by atoms with Crippen molar-refractivity contribution in [2.24, 2.45) is 0 Å². The summed E-state index contributed by atoms with van der Waals surface area (Å²) in [5, 5.41) is 21.5. The number of nitro benzene ring substituents is 1. The van der Waals surface area contributed by atoms with Gasteiger partial charge in [-0.15, -0.1) is 0 Å². The van der Waals surface area contributed by atoms with Gasteiger partial charge in [-0.2, -0.15) is 0 Å². The van der Waals surface area contributed by atoms with Crippen LogP contribution in [-0.2, 0) is 6.42 Å². The van der Waals surface area contributed by atoms with Crippen LogP contribution in [0.4, 0.5) is 5.69 Å². The summed E-state index contributed by atoms with van der Waals surface area (Å²) in [6.07, 6.45) is 0.160. The zero-order chi connectivity index (χ0) is 14.5. The van der Waals surface area contributed by atoms with E-state index >= 15 is 0 Å². The van der Waals surface area contributed by atoms with Gasteiger partial charge in [-0.3, -0.25) is 10.1 Å². The Balaban J connectivity index is 2.11. The number of nitro groups is 1. The molecule has 0 aromatic heterocycles. The van der Waals surface area contributed by atoms with Crippen LogP contribution < -0.4 is 0 Å². The van der Waals surface area contributed by atoms with Crippen molar-refractivity contribution in [3.8, 4) is 0 Å². The highest BCUT2D eigenvalue weighted by Crippen LogP contribution is 2.26. The van der Waals surface area contributed by atoms with Gasteiger partial charge in [-0.25, -0.2) is 0 Å². The molecule has 0 bridgehead atoms.